The SMILES string of the molecule is O=C(Cc1ccn([C@@H]2O[C@H](COC(=O)c3ccccc3)[C@@H](OC(=O)c3ccccc3)[C@H]2OC(=O)c2ccccc2)c(=O)n1)c1ccccc1. The van der Waals surface area contributed by atoms with Crippen LogP contribution in [0.5, 0.6) is 0 Å². The monoisotopic (exact) mass is 658 g/mol. The Labute approximate surface area is 280 Å². The lowest BCUT2D eigenvalue weighted by Crippen LogP contribution is -2.42. The van der Waals surface area contributed by atoms with Crippen LogP contribution in [-0.2, 0) is 25.4 Å². The van der Waals surface area contributed by atoms with Crippen molar-refractivity contribution in [2.24, 2.45) is 0 Å². The first-order chi connectivity index (χ1) is 23.9. The molecule has 0 radical (unpaired) electrons. The third-order valence-corrected chi connectivity index (χ3v) is 7.78. The second-order valence-corrected chi connectivity index (χ2v) is 11.1. The van der Waals surface area contributed by atoms with Crippen LogP contribution >= 0.6 is 0 Å². The zero-order valence-corrected chi connectivity index (χ0v) is 26.0. The molecule has 1 saturated heterocycles. The number of aromatic nitrogens is 2. The number of hydrogen-bond acceptors (Lipinski definition) is 10. The van der Waals surface area contributed by atoms with E-state index in [4.69, 9.17) is 18.9 Å². The summed E-state index contributed by atoms with van der Waals surface area (Å²) in [7, 11) is 0. The number of hydrogen-bond donors (Lipinski definition) is 0. The largest absolute Gasteiger partial charge is 0.459 e. The second kappa shape index (κ2) is 15.1. The first-order valence-electron chi connectivity index (χ1n) is 15.4. The van der Waals surface area contributed by atoms with Crippen LogP contribution in [0.15, 0.2) is 138 Å². The summed E-state index contributed by atoms with van der Waals surface area (Å²) in [6, 6.07) is 34.6. The third-order valence-electron chi connectivity index (χ3n) is 7.78. The zero-order chi connectivity index (χ0) is 34.2. The van der Waals surface area contributed by atoms with Gasteiger partial charge < -0.3 is 18.9 Å². The molecule has 0 N–H and O–H groups in total. The molecule has 0 spiro atoms. The van der Waals surface area contributed by atoms with Gasteiger partial charge in [-0.1, -0.05) is 84.9 Å². The highest BCUT2D eigenvalue weighted by atomic mass is 16.7. The lowest BCUT2D eigenvalue weighted by Gasteiger charge is -2.25. The molecule has 0 amide bonds. The first kappa shape index (κ1) is 32.7. The molecule has 0 saturated carbocycles. The molecule has 11 nitrogen and oxygen atoms in total. The highest BCUT2D eigenvalue weighted by Gasteiger charge is 2.51. The van der Waals surface area contributed by atoms with Gasteiger partial charge >= 0.3 is 23.6 Å². The van der Waals surface area contributed by atoms with Gasteiger partial charge in [-0.25, -0.2) is 19.2 Å². The molecule has 4 atom stereocenters. The van der Waals surface area contributed by atoms with E-state index < -0.39 is 54.7 Å². The lowest BCUT2D eigenvalue weighted by molar-refractivity contribution is -0.0640. The van der Waals surface area contributed by atoms with Gasteiger partial charge in [-0.2, -0.15) is 4.98 Å². The van der Waals surface area contributed by atoms with Crippen LogP contribution in [0.2, 0.25) is 0 Å². The number of ether oxygens (including phenoxy) is 4. The summed E-state index contributed by atoms with van der Waals surface area (Å²) in [6.45, 7) is -0.414. The van der Waals surface area contributed by atoms with Gasteiger partial charge in [0.2, 0.25) is 0 Å². The van der Waals surface area contributed by atoms with Crippen molar-refractivity contribution in [2.45, 2.75) is 31.0 Å². The van der Waals surface area contributed by atoms with E-state index >= 15 is 0 Å². The minimum atomic E-state index is -1.39. The smallest absolute Gasteiger partial charge is 0.350 e. The molecular weight excluding hydrogens is 628 g/mol. The Balaban J connectivity index is 1.33. The van der Waals surface area contributed by atoms with Gasteiger partial charge in [-0.05, 0) is 42.5 Å². The van der Waals surface area contributed by atoms with Gasteiger partial charge in [0.1, 0.15) is 12.7 Å². The summed E-state index contributed by atoms with van der Waals surface area (Å²) in [6.07, 6.45) is -4.03. The number of carbonyl (C=O) groups is 4. The molecule has 6 rings (SSSR count). The first-order valence-corrected chi connectivity index (χ1v) is 15.4. The van der Waals surface area contributed by atoms with Crippen LogP contribution in [-0.4, -0.2) is 58.2 Å². The Bertz CT molecular complexity index is 1980. The molecule has 0 aliphatic carbocycles. The zero-order valence-electron chi connectivity index (χ0n) is 26.0. The minimum absolute atomic E-state index is 0.132. The number of rotatable bonds is 11. The topological polar surface area (TPSA) is 140 Å². The van der Waals surface area contributed by atoms with E-state index in [1.165, 1.54) is 12.3 Å². The lowest BCUT2D eigenvalue weighted by atomic mass is 10.1. The van der Waals surface area contributed by atoms with Crippen molar-refractivity contribution in [2.75, 3.05) is 6.61 Å². The Morgan fingerprint density at radius 3 is 1.59 bits per heavy atom. The van der Waals surface area contributed by atoms with E-state index in [-0.39, 0.29) is 34.6 Å². The molecule has 0 unspecified atom stereocenters. The predicted octanol–water partition coefficient (Wildman–Crippen LogP) is 4.87. The van der Waals surface area contributed by atoms with Crippen molar-refractivity contribution < 1.29 is 38.1 Å². The molecule has 1 fully saturated rings. The molecule has 246 valence electrons. The molecule has 49 heavy (non-hydrogen) atoms. The number of nitrogens with zero attached hydrogens (tertiary/aromatic N) is 2. The van der Waals surface area contributed by atoms with E-state index in [2.05, 4.69) is 4.98 Å². The fourth-order valence-corrected chi connectivity index (χ4v) is 5.31. The number of benzene rings is 4. The van der Waals surface area contributed by atoms with Gasteiger partial charge in [0.05, 0.1) is 28.8 Å². The van der Waals surface area contributed by atoms with Crippen LogP contribution in [0.25, 0.3) is 0 Å². The standard InChI is InChI=1S/C38H30N2O9/c41-30(25-13-5-1-6-14-25)23-29-21-22-40(38(45)39-29)34-33(49-37(44)28-19-11-4-12-20-28)32(48-36(43)27-17-9-3-10-18-27)31(47-34)24-46-35(42)26-15-7-2-8-16-26/h1-22,31-34H,23-24H2/t31-,32-,33-,34-/m1/s1. The van der Waals surface area contributed by atoms with Crippen molar-refractivity contribution in [1.82, 2.24) is 9.55 Å². The fraction of sp³-hybridized carbons (Fsp3) is 0.158. The number of esters is 3. The average Bonchev–Trinajstić information content (AvgIpc) is 3.47. The average molecular weight is 659 g/mol. The van der Waals surface area contributed by atoms with Gasteiger partial charge in [-0.3, -0.25) is 9.36 Å². The Hall–Kier alpha value is -6.20. The molecule has 2 heterocycles. The van der Waals surface area contributed by atoms with Crippen LogP contribution in [0.1, 0.15) is 53.4 Å². The molecule has 1 aliphatic heterocycles. The molecule has 5 aromatic rings. The molecule has 1 aromatic heterocycles. The Morgan fingerprint density at radius 2 is 1.08 bits per heavy atom. The van der Waals surface area contributed by atoms with E-state index in [0.29, 0.717) is 5.56 Å². The van der Waals surface area contributed by atoms with Crippen molar-refractivity contribution >= 4 is 23.7 Å². The number of ketones is 1. The molecule has 0 bridgehead atoms. The summed E-state index contributed by atoms with van der Waals surface area (Å²) < 4.78 is 24.7. The third kappa shape index (κ3) is 7.86. The Morgan fingerprint density at radius 1 is 0.612 bits per heavy atom. The quantitative estimate of drug-likeness (QED) is 0.110. The van der Waals surface area contributed by atoms with Gasteiger partial charge in [0, 0.05) is 11.8 Å². The summed E-state index contributed by atoms with van der Waals surface area (Å²) in [5, 5.41) is 0. The maximum Gasteiger partial charge on any atom is 0.350 e. The van der Waals surface area contributed by atoms with Gasteiger partial charge in [0.15, 0.2) is 24.2 Å². The van der Waals surface area contributed by atoms with Gasteiger partial charge in [-0.15, -0.1) is 0 Å². The molecule has 1 aliphatic rings. The maximum atomic E-state index is 13.5. The summed E-state index contributed by atoms with van der Waals surface area (Å²) in [4.78, 5) is 70.0. The second-order valence-electron chi connectivity index (χ2n) is 11.1. The van der Waals surface area contributed by atoms with E-state index in [1.807, 2.05) is 0 Å². The van der Waals surface area contributed by atoms with Crippen molar-refractivity contribution in [1.29, 1.82) is 0 Å². The normalized spacial score (nSPS) is 18.3. The number of carbonyl (C=O) groups excluding carboxylic acids is 4. The van der Waals surface area contributed by atoms with Crippen LogP contribution in [0.3, 0.4) is 0 Å². The summed E-state index contributed by atoms with van der Waals surface area (Å²) in [5.74, 6) is -2.42. The van der Waals surface area contributed by atoms with Crippen molar-refractivity contribution in [3.8, 4) is 0 Å². The molecule has 4 aromatic carbocycles. The molecule has 11 heteroatoms. The highest BCUT2D eigenvalue weighted by molar-refractivity contribution is 5.97. The number of Topliss-reactive ketones (excluding diaryl/α,β-unsaturated/α-hetero) is 1. The molecular formula is C38H30N2O9. The maximum absolute atomic E-state index is 13.5. The van der Waals surface area contributed by atoms with E-state index in [9.17, 15) is 24.0 Å². The Kier molecular flexibility index (Phi) is 10.1. The van der Waals surface area contributed by atoms with Crippen LogP contribution in [0.4, 0.5) is 0 Å². The van der Waals surface area contributed by atoms with Crippen LogP contribution < -0.4 is 5.69 Å². The van der Waals surface area contributed by atoms with Gasteiger partial charge in [0.25, 0.3) is 0 Å². The van der Waals surface area contributed by atoms with Crippen molar-refractivity contribution in [3.05, 3.63) is 172 Å². The van der Waals surface area contributed by atoms with Crippen molar-refractivity contribution in [3.63, 3.8) is 0 Å². The highest BCUT2D eigenvalue weighted by Crippen LogP contribution is 2.35. The van der Waals surface area contributed by atoms with E-state index in [0.717, 1.165) is 4.57 Å². The fourth-order valence-electron chi connectivity index (χ4n) is 5.31. The predicted molar refractivity (Wildman–Crippen MR) is 175 cm³/mol. The van der Waals surface area contributed by atoms with Crippen LogP contribution in [0, 0.1) is 0 Å². The minimum Gasteiger partial charge on any atom is -0.459 e. The summed E-state index contributed by atoms with van der Waals surface area (Å²) in [5.41, 5.74) is 0.573. The summed E-state index contributed by atoms with van der Waals surface area (Å²) >= 11 is 0. The van der Waals surface area contributed by atoms with E-state index in [1.54, 1.807) is 121 Å².